The number of halogens is 1. The summed E-state index contributed by atoms with van der Waals surface area (Å²) in [5, 5.41) is 3.72. The lowest BCUT2D eigenvalue weighted by Gasteiger charge is -2.36. The van der Waals surface area contributed by atoms with Crippen molar-refractivity contribution in [1.29, 1.82) is 0 Å². The number of anilines is 1. The van der Waals surface area contributed by atoms with Gasteiger partial charge in [0.15, 0.2) is 0 Å². The number of esters is 1. The van der Waals surface area contributed by atoms with Gasteiger partial charge in [-0.2, -0.15) is 0 Å². The van der Waals surface area contributed by atoms with Crippen LogP contribution in [0.4, 0.5) is 10.1 Å². The molecule has 5 rings (SSSR count). The molecule has 1 aliphatic heterocycles. The van der Waals surface area contributed by atoms with Crippen molar-refractivity contribution in [3.8, 4) is 0 Å². The van der Waals surface area contributed by atoms with Crippen LogP contribution in [0.2, 0.25) is 0 Å². The van der Waals surface area contributed by atoms with Gasteiger partial charge in [-0.1, -0.05) is 32.1 Å². The molecule has 11 heteroatoms. The van der Waals surface area contributed by atoms with Gasteiger partial charge in [-0.3, -0.25) is 9.59 Å². The van der Waals surface area contributed by atoms with Crippen molar-refractivity contribution in [1.82, 2.24) is 4.90 Å². The molecule has 2 heterocycles. The number of amides is 2. The molecule has 3 atom stereocenters. The Labute approximate surface area is 264 Å². The molecule has 3 fully saturated rings. The van der Waals surface area contributed by atoms with Crippen molar-refractivity contribution in [2.75, 3.05) is 46.0 Å². The zero-order valence-electron chi connectivity index (χ0n) is 26.5. The van der Waals surface area contributed by atoms with Gasteiger partial charge in [0, 0.05) is 43.8 Å². The van der Waals surface area contributed by atoms with Crippen LogP contribution in [0.3, 0.4) is 0 Å². The molecule has 1 aromatic carbocycles. The van der Waals surface area contributed by atoms with Crippen LogP contribution in [0.1, 0.15) is 74.8 Å². The molecule has 248 valence electrons. The Morgan fingerprint density at radius 1 is 1.00 bits per heavy atom. The Hall–Kier alpha value is -3.02. The minimum atomic E-state index is -0.632. The van der Waals surface area contributed by atoms with Gasteiger partial charge in [-0.15, -0.1) is 0 Å². The van der Waals surface area contributed by atoms with Crippen molar-refractivity contribution in [3.63, 3.8) is 0 Å². The summed E-state index contributed by atoms with van der Waals surface area (Å²) in [7, 11) is 3.03. The highest BCUT2D eigenvalue weighted by molar-refractivity contribution is 6.00. The lowest BCUT2D eigenvalue weighted by Crippen LogP contribution is -2.50. The smallest absolute Gasteiger partial charge is 0.374 e. The van der Waals surface area contributed by atoms with Gasteiger partial charge in [-0.05, 0) is 74.1 Å². The lowest BCUT2D eigenvalue weighted by molar-refractivity contribution is -0.142. The van der Waals surface area contributed by atoms with Crippen LogP contribution in [0.15, 0.2) is 28.7 Å². The molecule has 1 aromatic heterocycles. The molecular weight excluding hydrogens is 581 g/mol. The van der Waals surface area contributed by atoms with E-state index in [0.29, 0.717) is 42.0 Å². The minimum absolute atomic E-state index is 0.0365. The molecule has 1 saturated heterocycles. The molecule has 2 saturated carbocycles. The summed E-state index contributed by atoms with van der Waals surface area (Å²) in [4.78, 5) is 42.5. The minimum Gasteiger partial charge on any atom is -0.452 e. The van der Waals surface area contributed by atoms with Crippen molar-refractivity contribution >= 4 is 34.4 Å². The first-order valence-corrected chi connectivity index (χ1v) is 16.5. The maximum Gasteiger partial charge on any atom is 0.374 e. The fraction of sp³-hybridized carbons (Fsp3) is 0.676. The number of fused-ring (bicyclic) bond motifs is 1. The predicted octanol–water partition coefficient (Wildman–Crippen LogP) is 5.09. The maximum atomic E-state index is 14.1. The van der Waals surface area contributed by atoms with E-state index in [2.05, 4.69) is 5.32 Å². The van der Waals surface area contributed by atoms with E-state index >= 15 is 0 Å². The Morgan fingerprint density at radius 2 is 1.71 bits per heavy atom. The molecule has 2 aromatic rings. The molecule has 0 unspecified atom stereocenters. The van der Waals surface area contributed by atoms with E-state index < -0.39 is 30.8 Å². The summed E-state index contributed by atoms with van der Waals surface area (Å²) in [5.74, 6) is -0.286. The van der Waals surface area contributed by atoms with E-state index in [-0.39, 0.29) is 48.5 Å². The van der Waals surface area contributed by atoms with E-state index in [1.807, 2.05) is 4.90 Å². The van der Waals surface area contributed by atoms with E-state index in [1.165, 1.54) is 20.6 Å². The van der Waals surface area contributed by atoms with Crippen molar-refractivity contribution in [3.05, 3.63) is 30.0 Å². The second-order valence-electron chi connectivity index (χ2n) is 13.0. The highest BCUT2D eigenvalue weighted by Gasteiger charge is 2.47. The number of ether oxygens (including phenoxy) is 3. The monoisotopic (exact) mass is 629 g/mol. The number of alkyl halides is 1. The zero-order chi connectivity index (χ0) is 31.9. The number of rotatable bonds is 12. The average Bonchev–Trinajstić information content (AvgIpc) is 3.70. The van der Waals surface area contributed by atoms with Crippen LogP contribution in [-0.4, -0.2) is 81.5 Å². The molecule has 0 bridgehead atoms. The number of hydrogen-bond acceptors (Lipinski definition) is 8. The Bertz CT molecular complexity index is 1300. The van der Waals surface area contributed by atoms with Gasteiger partial charge in [0.1, 0.15) is 24.4 Å². The van der Waals surface area contributed by atoms with Crippen LogP contribution >= 0.6 is 0 Å². The number of nitrogens with one attached hydrogen (secondary N) is 1. The first kappa shape index (κ1) is 33.3. The van der Waals surface area contributed by atoms with Crippen LogP contribution < -0.4 is 11.1 Å². The quantitative estimate of drug-likeness (QED) is 0.310. The third-order valence-corrected chi connectivity index (χ3v) is 10.1. The molecule has 2 amide bonds. The van der Waals surface area contributed by atoms with Crippen molar-refractivity contribution < 1.29 is 37.4 Å². The molecular formula is C34H48FN3O7. The second kappa shape index (κ2) is 15.5. The molecule has 2 aliphatic carbocycles. The molecule has 0 radical (unpaired) electrons. The predicted molar refractivity (Wildman–Crippen MR) is 167 cm³/mol. The number of likely N-dealkylation sites (tertiary alicyclic amines) is 1. The summed E-state index contributed by atoms with van der Waals surface area (Å²) in [6, 6.07) is 5.78. The Morgan fingerprint density at radius 3 is 2.38 bits per heavy atom. The number of furan rings is 1. The van der Waals surface area contributed by atoms with Gasteiger partial charge >= 0.3 is 5.97 Å². The number of carbonyl (C=O) groups excluding carboxylic acids is 3. The molecule has 3 aliphatic rings. The third-order valence-electron chi connectivity index (χ3n) is 10.1. The van der Waals surface area contributed by atoms with Gasteiger partial charge in [0.25, 0.3) is 0 Å². The normalized spacial score (nSPS) is 25.0. The van der Waals surface area contributed by atoms with Crippen molar-refractivity contribution in [2.24, 2.45) is 29.4 Å². The summed E-state index contributed by atoms with van der Waals surface area (Å²) >= 11 is 0. The van der Waals surface area contributed by atoms with Crippen LogP contribution in [0, 0.1) is 23.7 Å². The fourth-order valence-corrected chi connectivity index (χ4v) is 7.75. The maximum absolute atomic E-state index is 14.1. The average molecular weight is 630 g/mol. The number of hydrogen-bond donors (Lipinski definition) is 2. The molecule has 3 N–H and O–H groups in total. The first-order valence-electron chi connectivity index (χ1n) is 16.5. The zero-order valence-corrected chi connectivity index (χ0v) is 26.5. The largest absolute Gasteiger partial charge is 0.452 e. The highest BCUT2D eigenvalue weighted by Crippen LogP contribution is 2.41. The van der Waals surface area contributed by atoms with Crippen LogP contribution in [0.25, 0.3) is 11.0 Å². The van der Waals surface area contributed by atoms with Gasteiger partial charge < -0.3 is 34.6 Å². The molecule has 10 nitrogen and oxygen atoms in total. The summed E-state index contributed by atoms with van der Waals surface area (Å²) in [5.41, 5.74) is 7.00. The Balaban J connectivity index is 1.30. The highest BCUT2D eigenvalue weighted by atomic mass is 19.1. The number of nitrogens with two attached hydrogens (primary N) is 1. The van der Waals surface area contributed by atoms with Crippen molar-refractivity contribution in [2.45, 2.75) is 82.4 Å². The van der Waals surface area contributed by atoms with Gasteiger partial charge in [0.05, 0.1) is 13.2 Å². The summed E-state index contributed by atoms with van der Waals surface area (Å²) in [6.45, 7) is 0.404. The SMILES string of the molecule is COCC(COC)OC(=O)c1cc2cc(NC(=O)[C@@H]3[C@H](C4CCCCC4)CCN3C(=O)C3CCC([C@H](N)CF)CC3)ccc2o1. The van der Waals surface area contributed by atoms with E-state index in [4.69, 9.17) is 24.4 Å². The van der Waals surface area contributed by atoms with E-state index in [0.717, 1.165) is 44.9 Å². The summed E-state index contributed by atoms with van der Waals surface area (Å²) < 4.78 is 34.6. The molecule has 0 spiro atoms. The number of carbonyl (C=O) groups is 3. The fourth-order valence-electron chi connectivity index (χ4n) is 7.75. The van der Waals surface area contributed by atoms with Gasteiger partial charge in [-0.25, -0.2) is 9.18 Å². The topological polar surface area (TPSA) is 133 Å². The second-order valence-corrected chi connectivity index (χ2v) is 13.0. The summed E-state index contributed by atoms with van der Waals surface area (Å²) in [6.07, 6.45) is 8.75. The van der Waals surface area contributed by atoms with Gasteiger partial charge in [0.2, 0.25) is 17.6 Å². The standard InChI is InChI=1S/C34H48FN3O7/c1-42-19-26(20-43-2)44-34(41)30-17-24-16-25(12-13-29(24)45-30)37-32(39)31-27(21-6-4-3-5-7-21)14-15-38(31)33(40)23-10-8-22(9-11-23)28(36)18-35/h12-13,16-17,21-23,26-28,31H,3-11,14-15,18-20,36H2,1-2H3,(H,37,39)/t22?,23?,27-,28+,31-/m0/s1. The number of nitrogens with zero attached hydrogens (tertiary/aromatic N) is 1. The van der Waals surface area contributed by atoms with E-state index in [1.54, 1.807) is 24.3 Å². The lowest BCUT2D eigenvalue weighted by atomic mass is 9.76. The van der Waals surface area contributed by atoms with Crippen LogP contribution in [-0.2, 0) is 23.8 Å². The third kappa shape index (κ3) is 7.86. The van der Waals surface area contributed by atoms with E-state index in [9.17, 15) is 18.8 Å². The number of benzene rings is 1. The number of methoxy groups -OCH3 is 2. The molecule has 45 heavy (non-hydrogen) atoms. The van der Waals surface area contributed by atoms with Crippen LogP contribution in [0.5, 0.6) is 0 Å². The Kier molecular flexibility index (Phi) is 11.5. The first-order chi connectivity index (χ1) is 21.8.